The standard InChI is InChI=1S/C19H26NO/c1-12-16-10-14(19(16,2)3)11-17(12)20-9-8-13-6-4-5-7-15(13)18(20)21-20/h4-7,12,14,16-18H,8-11H2,1-3H3/q+1/t12-,14+,16-,17-,18?,20?/m1/s1. The van der Waals surface area contributed by atoms with Gasteiger partial charge < -0.3 is 0 Å². The molecule has 3 saturated carbocycles. The van der Waals surface area contributed by atoms with Crippen LogP contribution in [0, 0.1) is 23.2 Å². The minimum atomic E-state index is 0.350. The van der Waals surface area contributed by atoms with Crippen molar-refractivity contribution in [2.45, 2.75) is 52.3 Å². The van der Waals surface area contributed by atoms with E-state index in [9.17, 15) is 0 Å². The predicted octanol–water partition coefficient (Wildman–Crippen LogP) is 4.07. The van der Waals surface area contributed by atoms with Gasteiger partial charge in [0.25, 0.3) is 0 Å². The fourth-order valence-electron chi connectivity index (χ4n) is 6.04. The van der Waals surface area contributed by atoms with Crippen LogP contribution in [0.4, 0.5) is 0 Å². The number of nitrogens with zero attached hydrogens (tertiary/aromatic N) is 1. The van der Waals surface area contributed by atoms with E-state index in [4.69, 9.17) is 4.84 Å². The molecule has 2 heterocycles. The van der Waals surface area contributed by atoms with Gasteiger partial charge in [-0.3, -0.25) is 0 Å². The summed E-state index contributed by atoms with van der Waals surface area (Å²) in [6.45, 7) is 8.67. The Kier molecular flexibility index (Phi) is 2.24. The maximum atomic E-state index is 6.38. The molecule has 0 spiro atoms. The van der Waals surface area contributed by atoms with Crippen molar-refractivity contribution in [1.82, 2.24) is 0 Å². The Hall–Kier alpha value is -0.860. The van der Waals surface area contributed by atoms with Crippen molar-refractivity contribution in [3.63, 3.8) is 0 Å². The molecule has 2 nitrogen and oxygen atoms in total. The highest BCUT2D eigenvalue weighted by Crippen LogP contribution is 2.66. The Balaban J connectivity index is 1.47. The molecule has 5 aliphatic rings. The van der Waals surface area contributed by atoms with Gasteiger partial charge in [-0.25, -0.2) is 0 Å². The van der Waals surface area contributed by atoms with Crippen molar-refractivity contribution in [1.29, 1.82) is 0 Å². The first-order chi connectivity index (χ1) is 10.0. The summed E-state index contributed by atoms with van der Waals surface area (Å²) in [5, 5.41) is 0. The number of fused-ring (bicyclic) bond motifs is 6. The molecule has 1 aromatic rings. The molecular weight excluding hydrogens is 258 g/mol. The first kappa shape index (κ1) is 12.7. The second-order valence-electron chi connectivity index (χ2n) is 8.51. The topological polar surface area (TPSA) is 12.5 Å². The zero-order valence-electron chi connectivity index (χ0n) is 13.4. The lowest BCUT2D eigenvalue weighted by atomic mass is 9.44. The molecule has 1 aromatic carbocycles. The largest absolute Gasteiger partial charge is 0.300 e. The van der Waals surface area contributed by atoms with Gasteiger partial charge >= 0.3 is 6.23 Å². The third-order valence-electron chi connectivity index (χ3n) is 7.57. The van der Waals surface area contributed by atoms with Crippen LogP contribution in [0.1, 0.15) is 51.0 Å². The highest BCUT2D eigenvalue weighted by atomic mass is 16.9. The minimum Gasteiger partial charge on any atom is -0.136 e. The van der Waals surface area contributed by atoms with Crippen molar-refractivity contribution in [3.8, 4) is 0 Å². The van der Waals surface area contributed by atoms with Gasteiger partial charge in [0.05, 0.1) is 0 Å². The summed E-state index contributed by atoms with van der Waals surface area (Å²) in [5.74, 6) is 2.65. The summed E-state index contributed by atoms with van der Waals surface area (Å²) < 4.78 is 0.960. The lowest BCUT2D eigenvalue weighted by Crippen LogP contribution is -2.62. The number of hydrogen-bond acceptors (Lipinski definition) is 1. The Labute approximate surface area is 127 Å². The zero-order valence-corrected chi connectivity index (χ0v) is 13.4. The SMILES string of the molecule is C[C@@H]1[C@H]2C[C@@H](C[C@H]1[N+]13CCc4ccccc4C1O3)C2(C)C. The molecule has 2 heteroatoms. The van der Waals surface area contributed by atoms with Crippen LogP contribution in [-0.4, -0.2) is 17.2 Å². The van der Waals surface area contributed by atoms with E-state index >= 15 is 0 Å². The summed E-state index contributed by atoms with van der Waals surface area (Å²) in [6, 6.07) is 9.65. The molecular formula is C19H26NO+. The molecule has 21 heavy (non-hydrogen) atoms. The van der Waals surface area contributed by atoms with Gasteiger partial charge in [-0.2, -0.15) is 0 Å². The van der Waals surface area contributed by atoms with Crippen LogP contribution in [0.3, 0.4) is 0 Å². The molecule has 2 bridgehead atoms. The smallest absolute Gasteiger partial charge is 0.136 e. The van der Waals surface area contributed by atoms with Crippen LogP contribution in [0.5, 0.6) is 0 Å². The fraction of sp³-hybridized carbons (Fsp3) is 0.684. The van der Waals surface area contributed by atoms with Crippen LogP contribution in [0.15, 0.2) is 24.3 Å². The molecule has 112 valence electrons. The Bertz CT molecular complexity index is 609. The molecule has 2 aliphatic heterocycles. The highest BCUT2D eigenvalue weighted by Gasteiger charge is 2.72. The second-order valence-corrected chi connectivity index (χ2v) is 8.51. The summed E-state index contributed by atoms with van der Waals surface area (Å²) in [7, 11) is 0. The Morgan fingerprint density at radius 3 is 2.76 bits per heavy atom. The van der Waals surface area contributed by atoms with Crippen molar-refractivity contribution in [2.75, 3.05) is 6.54 Å². The van der Waals surface area contributed by atoms with Crippen LogP contribution >= 0.6 is 0 Å². The summed E-state index contributed by atoms with van der Waals surface area (Å²) in [6.07, 6.45) is 4.38. The van der Waals surface area contributed by atoms with Gasteiger partial charge in [0.1, 0.15) is 12.6 Å². The molecule has 1 saturated heterocycles. The lowest BCUT2D eigenvalue weighted by molar-refractivity contribution is -0.954. The van der Waals surface area contributed by atoms with Crippen molar-refractivity contribution >= 4 is 0 Å². The van der Waals surface area contributed by atoms with Crippen LogP contribution < -0.4 is 0 Å². The average molecular weight is 284 g/mol. The van der Waals surface area contributed by atoms with Crippen LogP contribution in [0.2, 0.25) is 0 Å². The van der Waals surface area contributed by atoms with E-state index in [1.54, 1.807) is 0 Å². The van der Waals surface area contributed by atoms with Gasteiger partial charge in [-0.15, -0.1) is 9.48 Å². The molecule has 4 fully saturated rings. The normalized spacial score (nSPS) is 48.8. The number of quaternary nitrogens is 1. The first-order valence-corrected chi connectivity index (χ1v) is 8.67. The molecule has 6 atom stereocenters. The van der Waals surface area contributed by atoms with Gasteiger partial charge in [0, 0.05) is 24.3 Å². The van der Waals surface area contributed by atoms with Gasteiger partial charge in [-0.1, -0.05) is 39.0 Å². The quantitative estimate of drug-likeness (QED) is 0.559. The zero-order chi connectivity index (χ0) is 14.4. The molecule has 0 amide bonds. The van der Waals surface area contributed by atoms with Crippen LogP contribution in [-0.2, 0) is 11.3 Å². The number of benzene rings is 1. The second kappa shape index (κ2) is 3.72. The molecule has 3 aliphatic carbocycles. The van der Waals surface area contributed by atoms with E-state index in [1.165, 1.54) is 36.9 Å². The highest BCUT2D eigenvalue weighted by molar-refractivity contribution is 5.31. The number of hydrogen-bond donors (Lipinski definition) is 0. The monoisotopic (exact) mass is 284 g/mol. The maximum Gasteiger partial charge on any atom is 0.300 e. The molecule has 0 aromatic heterocycles. The minimum absolute atomic E-state index is 0.350. The van der Waals surface area contributed by atoms with E-state index in [1.807, 2.05) is 0 Å². The molecule has 6 rings (SSSR count). The molecule has 2 unspecified atom stereocenters. The predicted molar refractivity (Wildman–Crippen MR) is 82.0 cm³/mol. The number of hydroxylamine groups is 3. The van der Waals surface area contributed by atoms with Gasteiger partial charge in [0.15, 0.2) is 0 Å². The van der Waals surface area contributed by atoms with Gasteiger partial charge in [0.2, 0.25) is 0 Å². The van der Waals surface area contributed by atoms with E-state index < -0.39 is 0 Å². The third-order valence-corrected chi connectivity index (χ3v) is 7.57. The van der Waals surface area contributed by atoms with E-state index in [2.05, 4.69) is 45.0 Å². The fourth-order valence-corrected chi connectivity index (χ4v) is 6.04. The summed E-state index contributed by atoms with van der Waals surface area (Å²) in [5.41, 5.74) is 3.56. The van der Waals surface area contributed by atoms with Crippen molar-refractivity contribution in [2.24, 2.45) is 23.2 Å². The van der Waals surface area contributed by atoms with Gasteiger partial charge in [-0.05, 0) is 35.3 Å². The van der Waals surface area contributed by atoms with E-state index in [-0.39, 0.29) is 0 Å². The maximum absolute atomic E-state index is 6.38. The third kappa shape index (κ3) is 1.41. The van der Waals surface area contributed by atoms with E-state index in [0.29, 0.717) is 11.6 Å². The first-order valence-electron chi connectivity index (χ1n) is 8.67. The summed E-state index contributed by atoms with van der Waals surface area (Å²) in [4.78, 5) is 6.38. The molecule has 0 N–H and O–H groups in total. The number of rotatable bonds is 1. The summed E-state index contributed by atoms with van der Waals surface area (Å²) >= 11 is 0. The average Bonchev–Trinajstić information content (AvgIpc) is 3.23. The molecule has 0 radical (unpaired) electrons. The Morgan fingerprint density at radius 1 is 1.19 bits per heavy atom. The lowest BCUT2D eigenvalue weighted by Gasteiger charge is -2.61. The van der Waals surface area contributed by atoms with Crippen molar-refractivity contribution in [3.05, 3.63) is 35.4 Å². The Morgan fingerprint density at radius 2 is 2.00 bits per heavy atom. The van der Waals surface area contributed by atoms with E-state index in [0.717, 1.165) is 28.4 Å². The van der Waals surface area contributed by atoms with Crippen LogP contribution in [0.25, 0.3) is 0 Å². The van der Waals surface area contributed by atoms with Crippen molar-refractivity contribution < 1.29 is 9.48 Å².